The highest BCUT2D eigenvalue weighted by atomic mass is 16.8. The highest BCUT2D eigenvalue weighted by Crippen LogP contribution is 2.47. The normalized spacial score (nSPS) is 55.4. The van der Waals surface area contributed by atoms with Crippen LogP contribution in [0.25, 0.3) is 0 Å². The second-order valence-corrected chi connectivity index (χ2v) is 3.14. The molecule has 4 nitrogen and oxygen atoms in total. The highest BCUT2D eigenvalue weighted by molar-refractivity contribution is 5.02. The van der Waals surface area contributed by atoms with Crippen LogP contribution in [-0.2, 0) is 14.2 Å². The number of rotatable bonds is 1. The lowest BCUT2D eigenvalue weighted by molar-refractivity contribution is -0.0963. The lowest BCUT2D eigenvalue weighted by Gasteiger charge is -2.26. The first kappa shape index (κ1) is 7.49. The average Bonchev–Trinajstić information content (AvgIpc) is 2.64. The second kappa shape index (κ2) is 2.17. The molecule has 2 rings (SSSR count). The number of epoxide rings is 1. The molecule has 11 heavy (non-hydrogen) atoms. The van der Waals surface area contributed by atoms with Crippen molar-refractivity contribution in [3.8, 4) is 0 Å². The van der Waals surface area contributed by atoms with Crippen LogP contribution in [0.1, 0.15) is 13.3 Å². The molecule has 4 heteroatoms. The van der Waals surface area contributed by atoms with Gasteiger partial charge in [-0.05, 0) is 6.92 Å². The van der Waals surface area contributed by atoms with Gasteiger partial charge in [-0.15, -0.1) is 0 Å². The van der Waals surface area contributed by atoms with Gasteiger partial charge in [-0.3, -0.25) is 0 Å². The molecule has 2 saturated heterocycles. The first-order valence-electron chi connectivity index (χ1n) is 3.82. The molecule has 0 saturated carbocycles. The van der Waals surface area contributed by atoms with Gasteiger partial charge in [0.25, 0.3) is 0 Å². The van der Waals surface area contributed by atoms with Crippen molar-refractivity contribution in [1.29, 1.82) is 0 Å². The zero-order chi connectivity index (χ0) is 8.06. The molecule has 2 heterocycles. The Bertz CT molecular complexity index is 175. The maximum absolute atomic E-state index is 5.62. The van der Waals surface area contributed by atoms with Crippen LogP contribution < -0.4 is 5.73 Å². The van der Waals surface area contributed by atoms with Crippen LogP contribution in [0.4, 0.5) is 0 Å². The van der Waals surface area contributed by atoms with Crippen LogP contribution in [0, 0.1) is 0 Å². The molecule has 4 unspecified atom stereocenters. The van der Waals surface area contributed by atoms with E-state index in [2.05, 4.69) is 0 Å². The zero-order valence-electron chi connectivity index (χ0n) is 6.74. The fraction of sp³-hybridized carbons (Fsp3) is 1.00. The molecule has 2 aliphatic rings. The van der Waals surface area contributed by atoms with Gasteiger partial charge >= 0.3 is 0 Å². The van der Waals surface area contributed by atoms with E-state index in [-0.39, 0.29) is 18.4 Å². The van der Waals surface area contributed by atoms with E-state index in [1.54, 1.807) is 7.11 Å². The van der Waals surface area contributed by atoms with Crippen molar-refractivity contribution in [3.63, 3.8) is 0 Å². The van der Waals surface area contributed by atoms with Crippen molar-refractivity contribution in [2.24, 2.45) is 5.73 Å². The molecule has 4 atom stereocenters. The lowest BCUT2D eigenvalue weighted by atomic mass is 10.1. The predicted molar refractivity (Wildman–Crippen MR) is 37.8 cm³/mol. The van der Waals surface area contributed by atoms with Gasteiger partial charge in [-0.25, -0.2) is 0 Å². The minimum atomic E-state index is -0.420. The monoisotopic (exact) mass is 159 g/mol. The van der Waals surface area contributed by atoms with Gasteiger partial charge < -0.3 is 19.9 Å². The number of methoxy groups -OCH3 is 1. The van der Waals surface area contributed by atoms with Crippen molar-refractivity contribution < 1.29 is 14.2 Å². The quantitative estimate of drug-likeness (QED) is 0.539. The summed E-state index contributed by atoms with van der Waals surface area (Å²) < 4.78 is 15.9. The first-order valence-corrected chi connectivity index (χ1v) is 3.82. The fourth-order valence-corrected chi connectivity index (χ4v) is 1.72. The van der Waals surface area contributed by atoms with E-state index < -0.39 is 5.79 Å². The Hall–Kier alpha value is -0.160. The van der Waals surface area contributed by atoms with Gasteiger partial charge in [0.15, 0.2) is 0 Å². The fourth-order valence-electron chi connectivity index (χ4n) is 1.72. The Kier molecular flexibility index (Phi) is 1.47. The topological polar surface area (TPSA) is 57.0 Å². The van der Waals surface area contributed by atoms with E-state index in [9.17, 15) is 0 Å². The maximum Gasteiger partial charge on any atom is 0.201 e. The maximum atomic E-state index is 5.62. The first-order chi connectivity index (χ1) is 5.18. The van der Waals surface area contributed by atoms with Crippen molar-refractivity contribution in [3.05, 3.63) is 0 Å². The van der Waals surface area contributed by atoms with Gasteiger partial charge in [0.05, 0.1) is 6.10 Å². The summed E-state index contributed by atoms with van der Waals surface area (Å²) in [7, 11) is 1.64. The number of ether oxygens (including phenoxy) is 3. The third-order valence-electron chi connectivity index (χ3n) is 2.35. The molecule has 0 radical (unpaired) electrons. The molecule has 0 amide bonds. The molecule has 0 bridgehead atoms. The van der Waals surface area contributed by atoms with Crippen LogP contribution >= 0.6 is 0 Å². The Morgan fingerprint density at radius 2 is 2.36 bits per heavy atom. The van der Waals surface area contributed by atoms with Crippen LogP contribution in [-0.4, -0.2) is 31.3 Å². The van der Waals surface area contributed by atoms with Crippen LogP contribution in [0.3, 0.4) is 0 Å². The second-order valence-electron chi connectivity index (χ2n) is 3.14. The largest absolute Gasteiger partial charge is 0.358 e. The summed E-state index contributed by atoms with van der Waals surface area (Å²) in [4.78, 5) is 0. The number of hydrogen-bond donors (Lipinski definition) is 1. The van der Waals surface area contributed by atoms with Crippen molar-refractivity contribution in [2.75, 3.05) is 7.11 Å². The molecule has 0 aliphatic carbocycles. The number of nitrogens with two attached hydrogens (primary N) is 1. The molecule has 0 aromatic heterocycles. The third-order valence-corrected chi connectivity index (χ3v) is 2.35. The molecule has 2 N–H and O–H groups in total. The predicted octanol–water partition coefficient (Wildman–Crippen LogP) is -0.179. The summed E-state index contributed by atoms with van der Waals surface area (Å²) in [5, 5.41) is 0. The van der Waals surface area contributed by atoms with Gasteiger partial charge in [0.1, 0.15) is 12.3 Å². The molecular formula is C7H13NO3. The standard InChI is InChI=1S/C7H13NO3/c1-4-6-7(9-2,11-6)3-5(8)10-4/h4-6H,3,8H2,1-2H3. The highest BCUT2D eigenvalue weighted by Gasteiger charge is 2.64. The Morgan fingerprint density at radius 1 is 1.64 bits per heavy atom. The van der Waals surface area contributed by atoms with Crippen LogP contribution in [0.15, 0.2) is 0 Å². The lowest BCUT2D eigenvalue weighted by Crippen LogP contribution is -2.43. The summed E-state index contributed by atoms with van der Waals surface area (Å²) in [6, 6.07) is 0. The minimum absolute atomic E-state index is 0.0544. The van der Waals surface area contributed by atoms with Crippen molar-refractivity contribution >= 4 is 0 Å². The van der Waals surface area contributed by atoms with Crippen LogP contribution in [0.5, 0.6) is 0 Å². The molecule has 64 valence electrons. The molecular weight excluding hydrogens is 146 g/mol. The van der Waals surface area contributed by atoms with Gasteiger partial charge in [-0.1, -0.05) is 0 Å². The third kappa shape index (κ3) is 0.980. The average molecular weight is 159 g/mol. The van der Waals surface area contributed by atoms with E-state index >= 15 is 0 Å². The van der Waals surface area contributed by atoms with E-state index in [0.29, 0.717) is 6.42 Å². The molecule has 0 aromatic carbocycles. The van der Waals surface area contributed by atoms with Crippen LogP contribution in [0.2, 0.25) is 0 Å². The van der Waals surface area contributed by atoms with Gasteiger partial charge in [-0.2, -0.15) is 0 Å². The molecule has 0 spiro atoms. The SMILES string of the molecule is COC12CC(N)OC(C)C1O2. The smallest absolute Gasteiger partial charge is 0.201 e. The van der Waals surface area contributed by atoms with Gasteiger partial charge in [0, 0.05) is 13.5 Å². The Morgan fingerprint density at radius 3 is 3.00 bits per heavy atom. The molecule has 0 aromatic rings. The Labute approximate surface area is 65.6 Å². The summed E-state index contributed by atoms with van der Waals surface area (Å²) in [6.45, 7) is 1.95. The summed E-state index contributed by atoms with van der Waals surface area (Å²) in [5.74, 6) is -0.420. The van der Waals surface area contributed by atoms with Crippen molar-refractivity contribution in [2.45, 2.75) is 37.6 Å². The summed E-state index contributed by atoms with van der Waals surface area (Å²) in [5.41, 5.74) is 5.62. The zero-order valence-corrected chi connectivity index (χ0v) is 6.74. The number of fused-ring (bicyclic) bond motifs is 1. The van der Waals surface area contributed by atoms with E-state index in [4.69, 9.17) is 19.9 Å². The van der Waals surface area contributed by atoms with E-state index in [0.717, 1.165) is 0 Å². The van der Waals surface area contributed by atoms with Crippen molar-refractivity contribution in [1.82, 2.24) is 0 Å². The summed E-state index contributed by atoms with van der Waals surface area (Å²) >= 11 is 0. The minimum Gasteiger partial charge on any atom is -0.358 e. The molecule has 2 fully saturated rings. The molecule has 2 aliphatic heterocycles. The summed E-state index contributed by atoms with van der Waals surface area (Å²) in [6.07, 6.45) is 0.535. The van der Waals surface area contributed by atoms with Gasteiger partial charge in [0.2, 0.25) is 5.79 Å². The Balaban J connectivity index is 2.08. The number of hydrogen-bond acceptors (Lipinski definition) is 4. The van der Waals surface area contributed by atoms with E-state index in [1.165, 1.54) is 0 Å². The van der Waals surface area contributed by atoms with E-state index in [1.807, 2.05) is 6.92 Å².